The zero-order valence-electron chi connectivity index (χ0n) is 12.5. The van der Waals surface area contributed by atoms with Gasteiger partial charge in [0.2, 0.25) is 6.41 Å². The van der Waals surface area contributed by atoms with E-state index in [1.165, 1.54) is 0 Å². The van der Waals surface area contributed by atoms with Gasteiger partial charge in [-0.1, -0.05) is 0 Å². The third-order valence-electron chi connectivity index (χ3n) is 2.11. The number of imide groups is 1. The van der Waals surface area contributed by atoms with Crippen LogP contribution in [0.4, 0.5) is 9.59 Å². The molecule has 4 N–H and O–H groups in total. The van der Waals surface area contributed by atoms with Crippen molar-refractivity contribution in [2.24, 2.45) is 0 Å². The van der Waals surface area contributed by atoms with Gasteiger partial charge in [-0.25, -0.2) is 9.59 Å². The average Bonchev–Trinajstić information content (AvgIpc) is 2.38. The van der Waals surface area contributed by atoms with Crippen LogP contribution in [0.3, 0.4) is 0 Å². The van der Waals surface area contributed by atoms with Crippen LogP contribution in [0.25, 0.3) is 0 Å². The third-order valence-corrected chi connectivity index (χ3v) is 2.11. The zero-order chi connectivity index (χ0) is 16.5. The van der Waals surface area contributed by atoms with Crippen molar-refractivity contribution < 1.29 is 29.3 Å². The Kier molecular flexibility index (Phi) is 8.32. The molecule has 122 valence electrons. The van der Waals surface area contributed by atoms with Crippen molar-refractivity contribution in [2.45, 2.75) is 32.5 Å². The van der Waals surface area contributed by atoms with E-state index in [2.05, 4.69) is 10.6 Å². The van der Waals surface area contributed by atoms with Gasteiger partial charge in [0.05, 0.1) is 12.7 Å². The highest BCUT2D eigenvalue weighted by Crippen LogP contribution is 2.06. The van der Waals surface area contributed by atoms with E-state index in [0.717, 1.165) is 4.90 Å². The monoisotopic (exact) mass is 305 g/mol. The maximum absolute atomic E-state index is 11.5. The third kappa shape index (κ3) is 9.63. The standard InChI is InChI=1S/C12H23N3O6/c1-12(2,3)21-11(20)13-4-5-15(8-17)10(19)14-6-9(18)7-16/h8-9,16,18H,4-7H2,1-3H3,(H,13,20)(H,14,19). The molecule has 0 aliphatic rings. The van der Waals surface area contributed by atoms with E-state index in [9.17, 15) is 14.4 Å². The molecule has 0 aliphatic heterocycles. The summed E-state index contributed by atoms with van der Waals surface area (Å²) in [5.41, 5.74) is -0.633. The van der Waals surface area contributed by atoms with Gasteiger partial charge in [0, 0.05) is 19.6 Å². The number of alkyl carbamates (subject to hydrolysis) is 1. The fourth-order valence-electron chi connectivity index (χ4n) is 1.17. The van der Waals surface area contributed by atoms with Crippen LogP contribution in [0.5, 0.6) is 0 Å². The topological polar surface area (TPSA) is 128 Å². The highest BCUT2D eigenvalue weighted by atomic mass is 16.6. The number of hydrogen-bond donors (Lipinski definition) is 4. The minimum Gasteiger partial charge on any atom is -0.444 e. The second-order valence-corrected chi connectivity index (χ2v) is 5.25. The van der Waals surface area contributed by atoms with E-state index >= 15 is 0 Å². The highest BCUT2D eigenvalue weighted by Gasteiger charge is 2.17. The molecule has 0 heterocycles. The zero-order valence-corrected chi connectivity index (χ0v) is 12.5. The first kappa shape index (κ1) is 19.1. The Morgan fingerprint density at radius 2 is 1.95 bits per heavy atom. The van der Waals surface area contributed by atoms with E-state index in [1.807, 2.05) is 0 Å². The molecule has 0 aromatic carbocycles. The molecular formula is C12H23N3O6. The van der Waals surface area contributed by atoms with Crippen molar-refractivity contribution in [1.82, 2.24) is 15.5 Å². The number of aliphatic hydroxyl groups is 2. The number of nitrogens with zero attached hydrogens (tertiary/aromatic N) is 1. The molecule has 9 heteroatoms. The van der Waals surface area contributed by atoms with Gasteiger partial charge >= 0.3 is 12.1 Å². The fourth-order valence-corrected chi connectivity index (χ4v) is 1.17. The quantitative estimate of drug-likeness (QED) is 0.448. The normalized spacial score (nSPS) is 12.2. The number of carbonyl (C=O) groups is 3. The second kappa shape index (κ2) is 9.14. The van der Waals surface area contributed by atoms with Gasteiger partial charge in [-0.05, 0) is 20.8 Å². The molecule has 0 saturated carbocycles. The van der Waals surface area contributed by atoms with Crippen LogP contribution >= 0.6 is 0 Å². The molecule has 0 fully saturated rings. The number of urea groups is 1. The van der Waals surface area contributed by atoms with Crippen LogP contribution < -0.4 is 10.6 Å². The lowest BCUT2D eigenvalue weighted by Crippen LogP contribution is -2.46. The Bertz CT molecular complexity index is 355. The van der Waals surface area contributed by atoms with Crippen molar-refractivity contribution in [1.29, 1.82) is 0 Å². The summed E-state index contributed by atoms with van der Waals surface area (Å²) >= 11 is 0. The predicted molar refractivity (Wildman–Crippen MR) is 73.5 cm³/mol. The van der Waals surface area contributed by atoms with E-state index in [-0.39, 0.29) is 19.6 Å². The summed E-state index contributed by atoms with van der Waals surface area (Å²) in [4.78, 5) is 34.5. The lowest BCUT2D eigenvalue weighted by molar-refractivity contribution is -0.115. The van der Waals surface area contributed by atoms with Crippen LogP contribution in [0.1, 0.15) is 20.8 Å². The average molecular weight is 305 g/mol. The first-order valence-corrected chi connectivity index (χ1v) is 6.45. The van der Waals surface area contributed by atoms with Gasteiger partial charge in [0.1, 0.15) is 5.60 Å². The minimum absolute atomic E-state index is 0.0314. The smallest absolute Gasteiger partial charge is 0.407 e. The molecule has 1 atom stereocenters. The molecule has 0 aliphatic carbocycles. The molecule has 0 bridgehead atoms. The number of ether oxygens (including phenoxy) is 1. The maximum atomic E-state index is 11.5. The molecular weight excluding hydrogens is 282 g/mol. The summed E-state index contributed by atoms with van der Waals surface area (Å²) in [6.07, 6.45) is -1.44. The minimum atomic E-state index is -1.10. The lowest BCUT2D eigenvalue weighted by atomic mass is 10.2. The molecule has 0 spiro atoms. The SMILES string of the molecule is CC(C)(C)OC(=O)NCCN(C=O)C(=O)NCC(O)CO. The van der Waals surface area contributed by atoms with E-state index in [0.29, 0.717) is 6.41 Å². The lowest BCUT2D eigenvalue weighted by Gasteiger charge is -2.21. The van der Waals surface area contributed by atoms with Gasteiger partial charge < -0.3 is 25.6 Å². The van der Waals surface area contributed by atoms with Gasteiger partial charge in [-0.2, -0.15) is 0 Å². The summed E-state index contributed by atoms with van der Waals surface area (Å²) in [6, 6.07) is -0.733. The Labute approximate surface area is 123 Å². The molecule has 9 nitrogen and oxygen atoms in total. The Balaban J connectivity index is 4.07. The Morgan fingerprint density at radius 1 is 1.33 bits per heavy atom. The molecule has 0 saturated heterocycles. The molecule has 4 amide bonds. The van der Waals surface area contributed by atoms with Crippen molar-refractivity contribution in [3.63, 3.8) is 0 Å². The highest BCUT2D eigenvalue weighted by molar-refractivity contribution is 5.84. The second-order valence-electron chi connectivity index (χ2n) is 5.25. The molecule has 0 aromatic rings. The Morgan fingerprint density at radius 3 is 2.43 bits per heavy atom. The van der Waals surface area contributed by atoms with Crippen molar-refractivity contribution in [3.8, 4) is 0 Å². The van der Waals surface area contributed by atoms with Gasteiger partial charge in [0.15, 0.2) is 0 Å². The van der Waals surface area contributed by atoms with Gasteiger partial charge in [-0.3, -0.25) is 9.69 Å². The summed E-state index contributed by atoms with van der Waals surface area (Å²) < 4.78 is 4.99. The number of hydrogen-bond acceptors (Lipinski definition) is 6. The molecule has 0 rings (SSSR count). The van der Waals surface area contributed by atoms with Crippen LogP contribution in [0.15, 0.2) is 0 Å². The number of carbonyl (C=O) groups excluding carboxylic acids is 3. The van der Waals surface area contributed by atoms with Crippen molar-refractivity contribution >= 4 is 18.5 Å². The molecule has 0 radical (unpaired) electrons. The molecule has 1 unspecified atom stereocenters. The Hall–Kier alpha value is -1.87. The van der Waals surface area contributed by atoms with Crippen LogP contribution in [-0.2, 0) is 9.53 Å². The van der Waals surface area contributed by atoms with Crippen LogP contribution in [0.2, 0.25) is 0 Å². The first-order valence-electron chi connectivity index (χ1n) is 6.45. The first-order chi connectivity index (χ1) is 9.69. The van der Waals surface area contributed by atoms with Crippen molar-refractivity contribution in [2.75, 3.05) is 26.2 Å². The summed E-state index contributed by atoms with van der Waals surface area (Å²) in [5, 5.41) is 22.3. The summed E-state index contributed by atoms with van der Waals surface area (Å²) in [7, 11) is 0. The predicted octanol–water partition coefficient (Wildman–Crippen LogP) is -0.968. The summed E-state index contributed by atoms with van der Waals surface area (Å²) in [6.45, 7) is 4.44. The van der Waals surface area contributed by atoms with Gasteiger partial charge in [-0.15, -0.1) is 0 Å². The van der Waals surface area contributed by atoms with Crippen LogP contribution in [-0.4, -0.2) is 71.6 Å². The van der Waals surface area contributed by atoms with E-state index < -0.39 is 30.4 Å². The number of aliphatic hydroxyl groups excluding tert-OH is 2. The van der Waals surface area contributed by atoms with Crippen LogP contribution in [0, 0.1) is 0 Å². The maximum Gasteiger partial charge on any atom is 0.407 e. The van der Waals surface area contributed by atoms with Gasteiger partial charge in [0.25, 0.3) is 0 Å². The van der Waals surface area contributed by atoms with Crippen molar-refractivity contribution in [3.05, 3.63) is 0 Å². The molecule has 0 aromatic heterocycles. The largest absolute Gasteiger partial charge is 0.444 e. The number of rotatable bonds is 7. The fraction of sp³-hybridized carbons (Fsp3) is 0.750. The number of amides is 4. The van der Waals surface area contributed by atoms with E-state index in [4.69, 9.17) is 14.9 Å². The number of nitrogens with one attached hydrogen (secondary N) is 2. The molecule has 21 heavy (non-hydrogen) atoms. The summed E-state index contributed by atoms with van der Waals surface area (Å²) in [5.74, 6) is 0. The van der Waals surface area contributed by atoms with E-state index in [1.54, 1.807) is 20.8 Å².